The van der Waals surface area contributed by atoms with Crippen molar-refractivity contribution >= 4 is 39.1 Å². The van der Waals surface area contributed by atoms with E-state index in [-0.39, 0.29) is 11.5 Å². The number of para-hydroxylation sites is 1. The molecule has 29 heavy (non-hydrogen) atoms. The van der Waals surface area contributed by atoms with Crippen LogP contribution in [0.2, 0.25) is 0 Å². The van der Waals surface area contributed by atoms with Crippen molar-refractivity contribution in [3.05, 3.63) is 57.5 Å². The summed E-state index contributed by atoms with van der Waals surface area (Å²) in [6, 6.07) is 8.36. The largest absolute Gasteiger partial charge is 0.464 e. The standard InChI is InChI=1S/C21H23N3O4S/c1-4-11-28-21(27)15(5-2)24-12-22-19-16(20(24)26)13(3)17(29-19)18(25)23-14-9-7-6-8-10-14/h6-10,12,15H,4-5,11H2,1-3H3,(H,23,25)/t15-/m0/s1. The molecule has 3 aromatic rings. The SMILES string of the molecule is CCCOC(=O)[C@H](CC)n1cnc2sc(C(=O)Nc3ccccc3)c(C)c2c1=O. The summed E-state index contributed by atoms with van der Waals surface area (Å²) in [5, 5.41) is 3.19. The quantitative estimate of drug-likeness (QED) is 0.593. The Bertz CT molecular complexity index is 1090. The summed E-state index contributed by atoms with van der Waals surface area (Å²) in [5.41, 5.74) is 0.884. The molecule has 2 aromatic heterocycles. The summed E-state index contributed by atoms with van der Waals surface area (Å²) in [6.45, 7) is 5.75. The van der Waals surface area contributed by atoms with Crippen LogP contribution in [0, 0.1) is 6.92 Å². The van der Waals surface area contributed by atoms with Gasteiger partial charge in [0.05, 0.1) is 23.2 Å². The van der Waals surface area contributed by atoms with Gasteiger partial charge in [0.25, 0.3) is 11.5 Å². The summed E-state index contributed by atoms with van der Waals surface area (Å²) in [7, 11) is 0. The molecule has 0 fully saturated rings. The van der Waals surface area contributed by atoms with Crippen molar-refractivity contribution in [1.29, 1.82) is 0 Å². The van der Waals surface area contributed by atoms with Crippen LogP contribution in [0.4, 0.5) is 5.69 Å². The number of hydrogen-bond acceptors (Lipinski definition) is 6. The van der Waals surface area contributed by atoms with Gasteiger partial charge in [-0.3, -0.25) is 14.2 Å². The number of aryl methyl sites for hydroxylation is 1. The molecule has 0 spiro atoms. The number of anilines is 1. The van der Waals surface area contributed by atoms with Crippen molar-refractivity contribution in [3.8, 4) is 0 Å². The van der Waals surface area contributed by atoms with E-state index in [1.54, 1.807) is 19.1 Å². The summed E-state index contributed by atoms with van der Waals surface area (Å²) in [5.74, 6) is -0.746. The van der Waals surface area contributed by atoms with E-state index < -0.39 is 12.0 Å². The van der Waals surface area contributed by atoms with E-state index in [2.05, 4.69) is 10.3 Å². The van der Waals surface area contributed by atoms with Crippen LogP contribution in [0.3, 0.4) is 0 Å². The van der Waals surface area contributed by atoms with Crippen molar-refractivity contribution in [2.45, 2.75) is 39.7 Å². The monoisotopic (exact) mass is 413 g/mol. The fourth-order valence-electron chi connectivity index (χ4n) is 3.06. The minimum atomic E-state index is -0.744. The van der Waals surface area contributed by atoms with Crippen molar-refractivity contribution in [1.82, 2.24) is 9.55 Å². The van der Waals surface area contributed by atoms with E-state index in [9.17, 15) is 14.4 Å². The number of amides is 1. The van der Waals surface area contributed by atoms with Crippen LogP contribution in [-0.4, -0.2) is 28.0 Å². The number of hydrogen-bond donors (Lipinski definition) is 1. The molecule has 0 bridgehead atoms. The third-order valence-electron chi connectivity index (χ3n) is 4.56. The lowest BCUT2D eigenvalue weighted by molar-refractivity contribution is -0.147. The highest BCUT2D eigenvalue weighted by atomic mass is 32.1. The van der Waals surface area contributed by atoms with Crippen molar-refractivity contribution in [2.75, 3.05) is 11.9 Å². The second-order valence-electron chi connectivity index (χ2n) is 6.61. The minimum absolute atomic E-state index is 0.294. The number of carbonyl (C=O) groups is 2. The molecule has 0 saturated carbocycles. The molecule has 0 saturated heterocycles. The number of esters is 1. The first-order valence-corrected chi connectivity index (χ1v) is 10.3. The lowest BCUT2D eigenvalue weighted by Crippen LogP contribution is -2.31. The molecule has 3 rings (SSSR count). The third-order valence-corrected chi connectivity index (χ3v) is 5.76. The fourth-order valence-corrected chi connectivity index (χ4v) is 4.10. The normalized spacial score (nSPS) is 12.0. The van der Waals surface area contributed by atoms with Crippen LogP contribution in [0.5, 0.6) is 0 Å². The molecule has 1 amide bonds. The molecule has 7 nitrogen and oxygen atoms in total. The molecule has 8 heteroatoms. The molecule has 0 unspecified atom stereocenters. The predicted octanol–water partition coefficient (Wildman–Crippen LogP) is 3.92. The molecule has 1 atom stereocenters. The summed E-state index contributed by atoms with van der Waals surface area (Å²) < 4.78 is 6.52. The van der Waals surface area contributed by atoms with Gasteiger partial charge in [-0.05, 0) is 37.5 Å². The maximum Gasteiger partial charge on any atom is 0.329 e. The van der Waals surface area contributed by atoms with Crippen LogP contribution in [0.1, 0.15) is 48.0 Å². The van der Waals surface area contributed by atoms with Gasteiger partial charge in [-0.15, -0.1) is 11.3 Å². The first-order chi connectivity index (χ1) is 14.0. The van der Waals surface area contributed by atoms with Gasteiger partial charge in [0, 0.05) is 5.69 Å². The Morgan fingerprint density at radius 2 is 1.97 bits per heavy atom. The van der Waals surface area contributed by atoms with E-state index in [0.29, 0.717) is 45.8 Å². The van der Waals surface area contributed by atoms with Gasteiger partial charge in [0.15, 0.2) is 0 Å². The number of benzene rings is 1. The van der Waals surface area contributed by atoms with Gasteiger partial charge in [-0.1, -0.05) is 32.0 Å². The molecule has 2 heterocycles. The number of aromatic nitrogens is 2. The minimum Gasteiger partial charge on any atom is -0.464 e. The third kappa shape index (κ3) is 4.22. The van der Waals surface area contributed by atoms with Crippen LogP contribution in [0.15, 0.2) is 41.5 Å². The Hall–Kier alpha value is -3.00. The lowest BCUT2D eigenvalue weighted by Gasteiger charge is -2.16. The molecule has 0 aliphatic heterocycles. The van der Waals surface area contributed by atoms with Crippen LogP contribution >= 0.6 is 11.3 Å². The smallest absolute Gasteiger partial charge is 0.329 e. The number of thiophene rings is 1. The summed E-state index contributed by atoms with van der Waals surface area (Å²) in [6.07, 6.45) is 2.47. The van der Waals surface area contributed by atoms with E-state index in [0.717, 1.165) is 11.3 Å². The van der Waals surface area contributed by atoms with Gasteiger partial charge in [0.1, 0.15) is 10.9 Å². The predicted molar refractivity (Wildman–Crippen MR) is 114 cm³/mol. The van der Waals surface area contributed by atoms with Gasteiger partial charge in [-0.25, -0.2) is 9.78 Å². The molecule has 1 N–H and O–H groups in total. The van der Waals surface area contributed by atoms with Crippen molar-refractivity contribution in [2.24, 2.45) is 0 Å². The molecule has 0 aliphatic rings. The highest BCUT2D eigenvalue weighted by Crippen LogP contribution is 2.28. The van der Waals surface area contributed by atoms with E-state index in [1.807, 2.05) is 32.0 Å². The Morgan fingerprint density at radius 1 is 1.24 bits per heavy atom. The number of nitrogens with zero attached hydrogens (tertiary/aromatic N) is 2. The molecular formula is C21H23N3O4S. The maximum atomic E-state index is 13.1. The molecule has 0 aliphatic carbocycles. The van der Waals surface area contributed by atoms with Gasteiger partial charge < -0.3 is 10.1 Å². The van der Waals surface area contributed by atoms with Crippen LogP contribution in [0.25, 0.3) is 10.2 Å². The summed E-state index contributed by atoms with van der Waals surface area (Å²) in [4.78, 5) is 43.4. The zero-order chi connectivity index (χ0) is 21.0. The highest BCUT2D eigenvalue weighted by molar-refractivity contribution is 7.20. The van der Waals surface area contributed by atoms with Crippen molar-refractivity contribution < 1.29 is 14.3 Å². The Balaban J connectivity index is 1.98. The Morgan fingerprint density at radius 3 is 2.62 bits per heavy atom. The van der Waals surface area contributed by atoms with Gasteiger partial charge >= 0.3 is 5.97 Å². The average molecular weight is 413 g/mol. The average Bonchev–Trinajstić information content (AvgIpc) is 3.06. The highest BCUT2D eigenvalue weighted by Gasteiger charge is 2.25. The van der Waals surface area contributed by atoms with Crippen molar-refractivity contribution in [3.63, 3.8) is 0 Å². The second kappa shape index (κ2) is 9.00. The van der Waals surface area contributed by atoms with E-state index >= 15 is 0 Å². The number of carbonyl (C=O) groups excluding carboxylic acids is 2. The number of nitrogens with one attached hydrogen (secondary N) is 1. The first-order valence-electron chi connectivity index (χ1n) is 9.51. The summed E-state index contributed by atoms with van der Waals surface area (Å²) >= 11 is 1.16. The van der Waals surface area contributed by atoms with Gasteiger partial charge in [-0.2, -0.15) is 0 Å². The Labute approximate surface area is 172 Å². The first kappa shape index (κ1) is 20.7. The zero-order valence-electron chi connectivity index (χ0n) is 16.6. The number of ether oxygens (including phenoxy) is 1. The lowest BCUT2D eigenvalue weighted by atomic mass is 10.2. The van der Waals surface area contributed by atoms with E-state index in [4.69, 9.17) is 4.74 Å². The molecular weight excluding hydrogens is 390 g/mol. The fraction of sp³-hybridized carbons (Fsp3) is 0.333. The van der Waals surface area contributed by atoms with E-state index in [1.165, 1.54) is 10.9 Å². The topological polar surface area (TPSA) is 90.3 Å². The van der Waals surface area contributed by atoms with Crippen LogP contribution < -0.4 is 10.9 Å². The Kier molecular flexibility index (Phi) is 6.43. The zero-order valence-corrected chi connectivity index (χ0v) is 17.4. The second-order valence-corrected chi connectivity index (χ2v) is 7.60. The van der Waals surface area contributed by atoms with Gasteiger partial charge in [0.2, 0.25) is 0 Å². The number of rotatable bonds is 7. The molecule has 1 aromatic carbocycles. The maximum absolute atomic E-state index is 13.1. The molecule has 0 radical (unpaired) electrons. The number of fused-ring (bicyclic) bond motifs is 1. The van der Waals surface area contributed by atoms with Crippen LogP contribution in [-0.2, 0) is 9.53 Å². The molecule has 152 valence electrons.